The molecule has 7 nitrogen and oxygen atoms in total. The number of nitrogens with zero attached hydrogens (tertiary/aromatic N) is 2. The molecule has 0 amide bonds. The van der Waals surface area contributed by atoms with Crippen molar-refractivity contribution in [2.24, 2.45) is 10.9 Å². The zero-order valence-electron chi connectivity index (χ0n) is 9.51. The van der Waals surface area contributed by atoms with E-state index in [0.717, 1.165) is 0 Å². The van der Waals surface area contributed by atoms with Gasteiger partial charge in [0.1, 0.15) is 12.4 Å². The number of nitro groups is 1. The monoisotopic (exact) mass is 239 g/mol. The van der Waals surface area contributed by atoms with E-state index < -0.39 is 4.92 Å². The zero-order chi connectivity index (χ0) is 13.0. The molecule has 1 rings (SSSR count). The number of rotatable bonds is 4. The molecule has 0 aliphatic heterocycles. The molecule has 7 heteroatoms. The zero-order valence-corrected chi connectivity index (χ0v) is 9.51. The largest absolute Gasteiger partial charge is 0.485 e. The molecule has 3 N–H and O–H groups in total. The second-order valence-electron chi connectivity index (χ2n) is 3.54. The lowest BCUT2D eigenvalue weighted by atomic mass is 10.1. The molecule has 0 bridgehead atoms. The molecule has 0 spiro atoms. The van der Waals surface area contributed by atoms with Crippen molar-refractivity contribution in [2.75, 3.05) is 6.61 Å². The fourth-order valence-electron chi connectivity index (χ4n) is 1.31. The normalized spacial score (nSPS) is 11.3. The van der Waals surface area contributed by atoms with Gasteiger partial charge >= 0.3 is 0 Å². The van der Waals surface area contributed by atoms with Gasteiger partial charge in [-0.3, -0.25) is 10.1 Å². The summed E-state index contributed by atoms with van der Waals surface area (Å²) in [6.45, 7) is 3.23. The minimum Gasteiger partial charge on any atom is -0.485 e. The first-order valence-corrected chi connectivity index (χ1v) is 4.80. The highest BCUT2D eigenvalue weighted by molar-refractivity contribution is 5.81. The predicted molar refractivity (Wildman–Crippen MR) is 61.5 cm³/mol. The van der Waals surface area contributed by atoms with Crippen LogP contribution in [0.3, 0.4) is 0 Å². The molecular formula is C10H13N3O4. The Hall–Kier alpha value is -2.31. The van der Waals surface area contributed by atoms with Crippen molar-refractivity contribution in [1.29, 1.82) is 0 Å². The second kappa shape index (κ2) is 5.15. The van der Waals surface area contributed by atoms with E-state index in [0.29, 0.717) is 16.9 Å². The molecule has 1 aromatic carbocycles. The average Bonchev–Trinajstić information content (AvgIpc) is 2.28. The SMILES string of the molecule is Cc1cc([N+](=O)[O-])c(C)cc1OC/C(N)=N/O. The van der Waals surface area contributed by atoms with Crippen molar-refractivity contribution in [3.8, 4) is 5.75 Å². The molecule has 0 fully saturated rings. The number of nitrogens with two attached hydrogens (primary N) is 1. The maximum Gasteiger partial charge on any atom is 0.272 e. The molecule has 0 radical (unpaired) electrons. The first-order chi connectivity index (χ1) is 7.95. The third kappa shape index (κ3) is 3.07. The number of nitro benzene ring substituents is 1. The van der Waals surface area contributed by atoms with Crippen molar-refractivity contribution < 1.29 is 14.9 Å². The summed E-state index contributed by atoms with van der Waals surface area (Å²) in [7, 11) is 0. The molecule has 17 heavy (non-hydrogen) atoms. The van der Waals surface area contributed by atoms with Gasteiger partial charge < -0.3 is 15.7 Å². The molecule has 0 saturated heterocycles. The Labute approximate surface area is 97.6 Å². The molecule has 92 valence electrons. The molecule has 0 atom stereocenters. The molecular weight excluding hydrogens is 226 g/mol. The van der Waals surface area contributed by atoms with Crippen molar-refractivity contribution in [3.63, 3.8) is 0 Å². The fraction of sp³-hybridized carbons (Fsp3) is 0.300. The van der Waals surface area contributed by atoms with Crippen LogP contribution in [0.5, 0.6) is 5.75 Å². The van der Waals surface area contributed by atoms with E-state index in [9.17, 15) is 10.1 Å². The quantitative estimate of drug-likeness (QED) is 0.271. The lowest BCUT2D eigenvalue weighted by Crippen LogP contribution is -2.21. The van der Waals surface area contributed by atoms with Crippen LogP contribution in [-0.2, 0) is 0 Å². The van der Waals surface area contributed by atoms with Crippen molar-refractivity contribution >= 4 is 11.5 Å². The Bertz CT molecular complexity index is 471. The van der Waals surface area contributed by atoms with Gasteiger partial charge in [0.25, 0.3) is 5.69 Å². The van der Waals surface area contributed by atoms with Crippen LogP contribution < -0.4 is 10.5 Å². The molecule has 0 aliphatic rings. The number of hydrogen-bond donors (Lipinski definition) is 2. The molecule has 0 aromatic heterocycles. The Morgan fingerprint density at radius 1 is 1.53 bits per heavy atom. The molecule has 1 aromatic rings. The van der Waals surface area contributed by atoms with Gasteiger partial charge in [-0.1, -0.05) is 5.16 Å². The van der Waals surface area contributed by atoms with Crippen LogP contribution in [0.4, 0.5) is 5.69 Å². The average molecular weight is 239 g/mol. The Kier molecular flexibility index (Phi) is 3.86. The van der Waals surface area contributed by atoms with Gasteiger partial charge in [-0.2, -0.15) is 0 Å². The fourth-order valence-corrected chi connectivity index (χ4v) is 1.31. The number of amidine groups is 1. The molecule has 0 saturated carbocycles. The van der Waals surface area contributed by atoms with Gasteiger partial charge in [0, 0.05) is 11.6 Å². The summed E-state index contributed by atoms with van der Waals surface area (Å²) in [5, 5.41) is 21.8. The maximum atomic E-state index is 10.7. The molecule has 0 aliphatic carbocycles. The van der Waals surface area contributed by atoms with Gasteiger partial charge in [0.2, 0.25) is 0 Å². The molecule has 0 unspecified atom stereocenters. The van der Waals surface area contributed by atoms with E-state index in [1.807, 2.05) is 0 Å². The van der Waals surface area contributed by atoms with E-state index in [4.69, 9.17) is 15.7 Å². The van der Waals surface area contributed by atoms with Crippen LogP contribution in [0.15, 0.2) is 17.3 Å². The van der Waals surface area contributed by atoms with Gasteiger partial charge in [0.05, 0.1) is 4.92 Å². The maximum absolute atomic E-state index is 10.7. The van der Waals surface area contributed by atoms with Crippen LogP contribution in [-0.4, -0.2) is 22.6 Å². The Morgan fingerprint density at radius 3 is 2.71 bits per heavy atom. The summed E-state index contributed by atoms with van der Waals surface area (Å²) in [5.74, 6) is 0.403. The highest BCUT2D eigenvalue weighted by Crippen LogP contribution is 2.27. The minimum atomic E-state index is -0.449. The van der Waals surface area contributed by atoms with Crippen LogP contribution in [0.1, 0.15) is 11.1 Å². The molecule has 0 heterocycles. The topological polar surface area (TPSA) is 111 Å². The van der Waals surface area contributed by atoms with Gasteiger partial charge in [-0.15, -0.1) is 0 Å². The number of aryl methyl sites for hydroxylation is 2. The first-order valence-electron chi connectivity index (χ1n) is 4.80. The van der Waals surface area contributed by atoms with E-state index in [1.54, 1.807) is 19.9 Å². The van der Waals surface area contributed by atoms with Crippen molar-refractivity contribution in [2.45, 2.75) is 13.8 Å². The minimum absolute atomic E-state index is 0.0404. The summed E-state index contributed by atoms with van der Waals surface area (Å²) < 4.78 is 5.27. The van der Waals surface area contributed by atoms with Crippen molar-refractivity contribution in [1.82, 2.24) is 0 Å². The Balaban J connectivity index is 2.96. The van der Waals surface area contributed by atoms with Crippen LogP contribution in [0.25, 0.3) is 0 Å². The number of ether oxygens (including phenoxy) is 1. The smallest absolute Gasteiger partial charge is 0.272 e. The van der Waals surface area contributed by atoms with Crippen LogP contribution in [0.2, 0.25) is 0 Å². The summed E-state index contributed by atoms with van der Waals surface area (Å²) in [5.41, 5.74) is 6.41. The van der Waals surface area contributed by atoms with E-state index in [-0.39, 0.29) is 18.1 Å². The highest BCUT2D eigenvalue weighted by Gasteiger charge is 2.14. The summed E-state index contributed by atoms with van der Waals surface area (Å²) in [6, 6.07) is 2.98. The second-order valence-corrected chi connectivity index (χ2v) is 3.54. The lowest BCUT2D eigenvalue weighted by Gasteiger charge is -2.09. The van der Waals surface area contributed by atoms with Crippen LogP contribution >= 0.6 is 0 Å². The summed E-state index contributed by atoms with van der Waals surface area (Å²) in [4.78, 5) is 10.2. The Morgan fingerprint density at radius 2 is 2.18 bits per heavy atom. The number of hydrogen-bond acceptors (Lipinski definition) is 5. The van der Waals surface area contributed by atoms with Gasteiger partial charge in [0.15, 0.2) is 5.84 Å². The van der Waals surface area contributed by atoms with Crippen molar-refractivity contribution in [3.05, 3.63) is 33.4 Å². The highest BCUT2D eigenvalue weighted by atomic mass is 16.6. The van der Waals surface area contributed by atoms with E-state index in [2.05, 4.69) is 5.16 Å². The summed E-state index contributed by atoms with van der Waals surface area (Å²) in [6.07, 6.45) is 0. The third-order valence-electron chi connectivity index (χ3n) is 2.19. The van der Waals surface area contributed by atoms with Gasteiger partial charge in [-0.25, -0.2) is 0 Å². The number of benzene rings is 1. The van der Waals surface area contributed by atoms with E-state index in [1.165, 1.54) is 6.07 Å². The van der Waals surface area contributed by atoms with Gasteiger partial charge in [-0.05, 0) is 25.5 Å². The standard InChI is InChI=1S/C10H13N3O4/c1-6-4-9(17-5-10(11)12-14)7(2)3-8(6)13(15)16/h3-4,14H,5H2,1-2H3,(H2,11,12). The predicted octanol–water partition coefficient (Wildman–Crippen LogP) is 1.34. The van der Waals surface area contributed by atoms with Crippen LogP contribution in [0, 0.1) is 24.0 Å². The third-order valence-corrected chi connectivity index (χ3v) is 2.19. The number of oxime groups is 1. The van der Waals surface area contributed by atoms with E-state index >= 15 is 0 Å². The summed E-state index contributed by atoms with van der Waals surface area (Å²) >= 11 is 0. The first kappa shape index (κ1) is 12.8. The lowest BCUT2D eigenvalue weighted by molar-refractivity contribution is -0.385.